The van der Waals surface area contributed by atoms with Crippen LogP contribution in [0.25, 0.3) is 0 Å². The summed E-state index contributed by atoms with van der Waals surface area (Å²) in [6, 6.07) is 9.77. The lowest BCUT2D eigenvalue weighted by molar-refractivity contribution is 0.0951. The van der Waals surface area contributed by atoms with E-state index in [1.54, 1.807) is 36.5 Å². The molecule has 1 atom stereocenters. The maximum Gasteiger partial charge on any atom is 0.255 e. The highest BCUT2D eigenvalue weighted by atomic mass is 35.5. The van der Waals surface area contributed by atoms with E-state index >= 15 is 0 Å². The van der Waals surface area contributed by atoms with E-state index in [0.717, 1.165) is 6.54 Å². The minimum absolute atomic E-state index is 0. The predicted octanol–water partition coefficient (Wildman–Crippen LogP) is 3.54. The van der Waals surface area contributed by atoms with Crippen LogP contribution in [0.15, 0.2) is 42.6 Å². The Morgan fingerprint density at radius 2 is 1.92 bits per heavy atom. The van der Waals surface area contributed by atoms with E-state index in [2.05, 4.69) is 20.9 Å². The van der Waals surface area contributed by atoms with Gasteiger partial charge >= 0.3 is 0 Å². The van der Waals surface area contributed by atoms with E-state index in [4.69, 9.17) is 0 Å². The molecule has 0 aliphatic carbocycles. The van der Waals surface area contributed by atoms with Gasteiger partial charge in [0.05, 0.1) is 11.3 Å². The molecule has 0 aliphatic rings. The largest absolute Gasteiger partial charge is 0.350 e. The van der Waals surface area contributed by atoms with Crippen molar-refractivity contribution in [3.63, 3.8) is 0 Å². The number of amides is 1. The van der Waals surface area contributed by atoms with E-state index < -0.39 is 5.82 Å². The first-order valence-electron chi connectivity index (χ1n) is 7.60. The smallest absolute Gasteiger partial charge is 0.255 e. The first-order valence-corrected chi connectivity index (χ1v) is 7.60. The molecule has 0 fully saturated rings. The third-order valence-electron chi connectivity index (χ3n) is 3.30. The lowest BCUT2D eigenvalue weighted by atomic mass is 10.2. The first-order chi connectivity index (χ1) is 11.1. The Morgan fingerprint density at radius 1 is 1.20 bits per heavy atom. The zero-order valence-electron chi connectivity index (χ0n) is 14.1. The third kappa shape index (κ3) is 6.86. The lowest BCUT2D eigenvalue weighted by Crippen LogP contribution is -2.39. The molecular weight excluding hydrogens is 366 g/mol. The molecule has 1 aromatic carbocycles. The van der Waals surface area contributed by atoms with Crippen LogP contribution in [0, 0.1) is 5.82 Å². The van der Waals surface area contributed by atoms with E-state index in [1.807, 2.05) is 13.8 Å². The van der Waals surface area contributed by atoms with Crippen LogP contribution in [0.3, 0.4) is 0 Å². The summed E-state index contributed by atoms with van der Waals surface area (Å²) in [5, 5.41) is 8.94. The Morgan fingerprint density at radius 3 is 2.60 bits per heavy atom. The molecule has 25 heavy (non-hydrogen) atoms. The van der Waals surface area contributed by atoms with Crippen LogP contribution >= 0.6 is 24.8 Å². The number of likely N-dealkylation sites (N-methyl/N-ethyl adjacent to an activating group) is 1. The maximum absolute atomic E-state index is 13.7. The van der Waals surface area contributed by atoms with Crippen LogP contribution in [-0.4, -0.2) is 30.0 Å². The number of para-hydroxylation sites is 1. The van der Waals surface area contributed by atoms with Crippen LogP contribution in [0.1, 0.15) is 24.2 Å². The van der Waals surface area contributed by atoms with Gasteiger partial charge in [0, 0.05) is 18.8 Å². The number of halogens is 3. The van der Waals surface area contributed by atoms with Gasteiger partial charge in [0.2, 0.25) is 0 Å². The number of pyridine rings is 1. The molecule has 0 saturated heterocycles. The molecule has 5 nitrogen and oxygen atoms in total. The van der Waals surface area contributed by atoms with Gasteiger partial charge < -0.3 is 16.0 Å². The van der Waals surface area contributed by atoms with Gasteiger partial charge in [0.1, 0.15) is 11.6 Å². The van der Waals surface area contributed by atoms with Crippen molar-refractivity contribution in [1.29, 1.82) is 0 Å². The van der Waals surface area contributed by atoms with E-state index in [1.165, 1.54) is 6.07 Å². The summed E-state index contributed by atoms with van der Waals surface area (Å²) in [6.07, 6.45) is 1.56. The summed E-state index contributed by atoms with van der Waals surface area (Å²) < 4.78 is 13.7. The highest BCUT2D eigenvalue weighted by Crippen LogP contribution is 2.20. The number of carbonyl (C=O) groups excluding carboxylic acids is 1. The number of hydrogen-bond acceptors (Lipinski definition) is 4. The number of benzene rings is 1. The molecule has 0 unspecified atom stereocenters. The van der Waals surface area contributed by atoms with Gasteiger partial charge in [-0.1, -0.05) is 19.1 Å². The van der Waals surface area contributed by atoms with Crippen molar-refractivity contribution in [3.05, 3.63) is 54.0 Å². The van der Waals surface area contributed by atoms with Crippen LogP contribution < -0.4 is 16.0 Å². The molecule has 138 valence electrons. The molecule has 0 bridgehead atoms. The second-order valence-corrected chi connectivity index (χ2v) is 5.17. The number of nitrogens with one attached hydrogen (secondary N) is 3. The summed E-state index contributed by atoms with van der Waals surface area (Å²) in [4.78, 5) is 16.5. The fourth-order valence-corrected chi connectivity index (χ4v) is 2.14. The zero-order chi connectivity index (χ0) is 16.7. The van der Waals surface area contributed by atoms with E-state index in [0.29, 0.717) is 17.9 Å². The number of rotatable bonds is 7. The molecule has 2 aromatic rings. The standard InChI is InChI=1S/C17H21FN4O.2ClH/c1-3-19-12(2)11-21-17(23)13-7-6-10-20-16(13)22-15-9-5-4-8-14(15)18;;/h4-10,12,19H,3,11H2,1-2H3,(H,20,22)(H,21,23);2*1H/t12-;;/m1../s1. The number of nitrogens with zero attached hydrogens (tertiary/aromatic N) is 1. The highest BCUT2D eigenvalue weighted by Gasteiger charge is 2.14. The Labute approximate surface area is 159 Å². The van der Waals surface area contributed by atoms with Crippen LogP contribution in [-0.2, 0) is 0 Å². The molecule has 1 aromatic heterocycles. The highest BCUT2D eigenvalue weighted by molar-refractivity contribution is 5.99. The van der Waals surface area contributed by atoms with Crippen molar-refractivity contribution in [2.45, 2.75) is 19.9 Å². The van der Waals surface area contributed by atoms with Crippen molar-refractivity contribution >= 4 is 42.2 Å². The Hall–Kier alpha value is -1.89. The minimum Gasteiger partial charge on any atom is -0.350 e. The molecule has 0 spiro atoms. The quantitative estimate of drug-likeness (QED) is 0.678. The number of anilines is 2. The molecular formula is C17H23Cl2FN4O. The first kappa shape index (κ1) is 23.1. The molecule has 1 heterocycles. The molecule has 0 radical (unpaired) electrons. The van der Waals surface area contributed by atoms with Gasteiger partial charge in [-0.15, -0.1) is 24.8 Å². The van der Waals surface area contributed by atoms with Crippen molar-refractivity contribution in [1.82, 2.24) is 15.6 Å². The van der Waals surface area contributed by atoms with Crippen LogP contribution in [0.5, 0.6) is 0 Å². The average molecular weight is 389 g/mol. The Balaban J connectivity index is 0.00000288. The molecule has 0 aliphatic heterocycles. The molecule has 0 saturated carbocycles. The Bertz CT molecular complexity index is 673. The maximum atomic E-state index is 13.7. The zero-order valence-corrected chi connectivity index (χ0v) is 15.7. The third-order valence-corrected chi connectivity index (χ3v) is 3.30. The van der Waals surface area contributed by atoms with E-state index in [-0.39, 0.29) is 42.5 Å². The van der Waals surface area contributed by atoms with Crippen molar-refractivity contribution < 1.29 is 9.18 Å². The predicted molar refractivity (Wildman–Crippen MR) is 104 cm³/mol. The second kappa shape index (κ2) is 11.6. The second-order valence-electron chi connectivity index (χ2n) is 5.17. The van der Waals surface area contributed by atoms with Crippen LogP contribution in [0.2, 0.25) is 0 Å². The van der Waals surface area contributed by atoms with Gasteiger partial charge in [-0.2, -0.15) is 0 Å². The Kier molecular flexibility index (Phi) is 10.7. The minimum atomic E-state index is -0.398. The summed E-state index contributed by atoms with van der Waals surface area (Å²) in [5.41, 5.74) is 0.653. The molecule has 1 amide bonds. The lowest BCUT2D eigenvalue weighted by Gasteiger charge is -2.15. The number of hydrogen-bond donors (Lipinski definition) is 3. The van der Waals surface area contributed by atoms with E-state index in [9.17, 15) is 9.18 Å². The summed E-state index contributed by atoms with van der Waals surface area (Å²) in [5.74, 6) is -0.321. The fourth-order valence-electron chi connectivity index (χ4n) is 2.14. The van der Waals surface area contributed by atoms with Gasteiger partial charge in [0.15, 0.2) is 0 Å². The van der Waals surface area contributed by atoms with Gasteiger partial charge in [-0.05, 0) is 37.7 Å². The van der Waals surface area contributed by atoms with Gasteiger partial charge in [-0.25, -0.2) is 9.37 Å². The number of carbonyl (C=O) groups is 1. The topological polar surface area (TPSA) is 66.0 Å². The average Bonchev–Trinajstić information content (AvgIpc) is 2.55. The monoisotopic (exact) mass is 388 g/mol. The van der Waals surface area contributed by atoms with Crippen molar-refractivity contribution in [3.8, 4) is 0 Å². The summed E-state index contributed by atoms with van der Waals surface area (Å²) >= 11 is 0. The van der Waals surface area contributed by atoms with Crippen molar-refractivity contribution in [2.75, 3.05) is 18.4 Å². The van der Waals surface area contributed by atoms with Crippen molar-refractivity contribution in [2.24, 2.45) is 0 Å². The fraction of sp³-hybridized carbons (Fsp3) is 0.294. The summed E-state index contributed by atoms with van der Waals surface area (Å²) in [6.45, 7) is 5.34. The molecule has 3 N–H and O–H groups in total. The normalized spacial score (nSPS) is 10.8. The van der Waals surface area contributed by atoms with Gasteiger partial charge in [-0.3, -0.25) is 4.79 Å². The summed E-state index contributed by atoms with van der Waals surface area (Å²) in [7, 11) is 0. The SMILES string of the molecule is CCN[C@H](C)CNC(=O)c1cccnc1Nc1ccccc1F.Cl.Cl. The van der Waals surface area contributed by atoms with Crippen LogP contribution in [0.4, 0.5) is 15.9 Å². The molecule has 8 heteroatoms. The number of aromatic nitrogens is 1. The van der Waals surface area contributed by atoms with Gasteiger partial charge in [0.25, 0.3) is 5.91 Å². The molecule has 2 rings (SSSR count).